The Labute approximate surface area is 104 Å². The third kappa shape index (κ3) is 2.61. The van der Waals surface area contributed by atoms with E-state index in [0.29, 0.717) is 10.6 Å². The van der Waals surface area contributed by atoms with Gasteiger partial charge in [-0.05, 0) is 47.3 Å². The molecule has 0 aromatic carbocycles. The highest BCUT2D eigenvalue weighted by atomic mass is 79.9. The molecule has 1 amide bonds. The van der Waals surface area contributed by atoms with Crippen molar-refractivity contribution in [3.05, 3.63) is 28.5 Å². The molecule has 1 saturated carbocycles. The molecule has 0 saturated heterocycles. The van der Waals surface area contributed by atoms with E-state index in [2.05, 4.69) is 27.8 Å². The lowest BCUT2D eigenvalue weighted by molar-refractivity contribution is 0.0743. The van der Waals surface area contributed by atoms with Crippen LogP contribution in [0, 0.1) is 0 Å². The molecular weight excluding hydrogens is 268 g/mol. The fourth-order valence-corrected chi connectivity index (χ4v) is 2.14. The highest BCUT2D eigenvalue weighted by molar-refractivity contribution is 9.10. The summed E-state index contributed by atoms with van der Waals surface area (Å²) >= 11 is 3.29. The van der Waals surface area contributed by atoms with Gasteiger partial charge in [0.25, 0.3) is 5.91 Å². The molecular formula is C12H15BrN2O. The first-order valence-corrected chi connectivity index (χ1v) is 6.44. The normalized spacial score (nSPS) is 14.9. The maximum absolute atomic E-state index is 12.2. The Bertz CT molecular complexity index is 390. The van der Waals surface area contributed by atoms with Crippen LogP contribution < -0.4 is 0 Å². The van der Waals surface area contributed by atoms with E-state index in [1.54, 1.807) is 18.3 Å². The first kappa shape index (κ1) is 11.6. The molecule has 4 heteroatoms. The summed E-state index contributed by atoms with van der Waals surface area (Å²) in [5, 5.41) is 0. The summed E-state index contributed by atoms with van der Waals surface area (Å²) in [5.41, 5.74) is 0.724. The van der Waals surface area contributed by atoms with Crippen LogP contribution in [0.5, 0.6) is 0 Å². The molecule has 0 radical (unpaired) electrons. The van der Waals surface area contributed by atoms with Crippen molar-refractivity contribution in [2.75, 3.05) is 6.54 Å². The number of hydrogen-bond acceptors (Lipinski definition) is 2. The van der Waals surface area contributed by atoms with Crippen LogP contribution in [-0.4, -0.2) is 28.4 Å². The first-order chi connectivity index (χ1) is 7.72. The minimum absolute atomic E-state index is 0.132. The zero-order chi connectivity index (χ0) is 11.5. The predicted molar refractivity (Wildman–Crippen MR) is 66.3 cm³/mol. The van der Waals surface area contributed by atoms with E-state index < -0.39 is 0 Å². The highest BCUT2D eigenvalue weighted by Gasteiger charge is 2.32. The molecule has 0 N–H and O–H groups in total. The summed E-state index contributed by atoms with van der Waals surface area (Å²) in [6, 6.07) is 4.03. The smallest absolute Gasteiger partial charge is 0.254 e. The lowest BCUT2D eigenvalue weighted by atomic mass is 10.2. The summed E-state index contributed by atoms with van der Waals surface area (Å²) in [6.07, 6.45) is 4.97. The summed E-state index contributed by atoms with van der Waals surface area (Å²) in [4.78, 5) is 18.3. The summed E-state index contributed by atoms with van der Waals surface area (Å²) in [7, 11) is 0. The average Bonchev–Trinajstić information content (AvgIpc) is 3.09. The van der Waals surface area contributed by atoms with Crippen molar-refractivity contribution in [2.24, 2.45) is 0 Å². The van der Waals surface area contributed by atoms with Crippen molar-refractivity contribution in [3.8, 4) is 0 Å². The quantitative estimate of drug-likeness (QED) is 0.796. The van der Waals surface area contributed by atoms with E-state index in [4.69, 9.17) is 0 Å². The van der Waals surface area contributed by atoms with Crippen LogP contribution in [0.25, 0.3) is 0 Å². The topological polar surface area (TPSA) is 33.2 Å². The van der Waals surface area contributed by atoms with Gasteiger partial charge in [0.15, 0.2) is 0 Å². The van der Waals surface area contributed by atoms with Crippen molar-refractivity contribution < 1.29 is 4.79 Å². The van der Waals surface area contributed by atoms with E-state index in [-0.39, 0.29) is 5.91 Å². The van der Waals surface area contributed by atoms with Crippen molar-refractivity contribution in [1.82, 2.24) is 9.88 Å². The first-order valence-electron chi connectivity index (χ1n) is 5.65. The van der Waals surface area contributed by atoms with Crippen LogP contribution in [0.4, 0.5) is 0 Å². The monoisotopic (exact) mass is 282 g/mol. The van der Waals surface area contributed by atoms with E-state index in [1.807, 2.05) is 4.90 Å². The fraction of sp³-hybridized carbons (Fsp3) is 0.500. The number of hydrogen-bond donors (Lipinski definition) is 0. The van der Waals surface area contributed by atoms with Gasteiger partial charge < -0.3 is 4.90 Å². The molecule has 1 heterocycles. The van der Waals surface area contributed by atoms with Crippen molar-refractivity contribution in [1.29, 1.82) is 0 Å². The van der Waals surface area contributed by atoms with E-state index in [0.717, 1.165) is 31.4 Å². The van der Waals surface area contributed by atoms with Gasteiger partial charge in [-0.1, -0.05) is 6.92 Å². The number of amides is 1. The Morgan fingerprint density at radius 2 is 2.38 bits per heavy atom. The number of carbonyl (C=O) groups excluding carboxylic acids is 1. The summed E-state index contributed by atoms with van der Waals surface area (Å²) in [5.74, 6) is 0.132. The highest BCUT2D eigenvalue weighted by Crippen LogP contribution is 2.28. The van der Waals surface area contributed by atoms with Gasteiger partial charge >= 0.3 is 0 Å². The second kappa shape index (κ2) is 4.95. The van der Waals surface area contributed by atoms with Gasteiger partial charge in [-0.15, -0.1) is 0 Å². The Kier molecular flexibility index (Phi) is 3.59. The minimum Gasteiger partial charge on any atom is -0.336 e. The molecule has 0 unspecified atom stereocenters. The molecule has 1 aromatic rings. The number of carbonyl (C=O) groups is 1. The van der Waals surface area contributed by atoms with Crippen LogP contribution in [0.3, 0.4) is 0 Å². The van der Waals surface area contributed by atoms with Gasteiger partial charge in [-0.3, -0.25) is 4.79 Å². The molecule has 0 spiro atoms. The molecule has 1 fully saturated rings. The third-order valence-electron chi connectivity index (χ3n) is 2.69. The largest absolute Gasteiger partial charge is 0.336 e. The predicted octanol–water partition coefficient (Wildman–Crippen LogP) is 2.86. The van der Waals surface area contributed by atoms with Crippen LogP contribution in [0.15, 0.2) is 22.9 Å². The zero-order valence-electron chi connectivity index (χ0n) is 9.32. The van der Waals surface area contributed by atoms with Crippen molar-refractivity contribution in [3.63, 3.8) is 0 Å². The molecule has 1 aromatic heterocycles. The number of rotatable bonds is 4. The van der Waals surface area contributed by atoms with Gasteiger partial charge in [0.2, 0.25) is 0 Å². The van der Waals surface area contributed by atoms with Gasteiger partial charge in [-0.2, -0.15) is 0 Å². The van der Waals surface area contributed by atoms with Crippen LogP contribution in [0.1, 0.15) is 36.5 Å². The average molecular weight is 283 g/mol. The number of aromatic nitrogens is 1. The van der Waals surface area contributed by atoms with Gasteiger partial charge in [0.05, 0.1) is 0 Å². The molecule has 0 aliphatic heterocycles. The molecule has 0 bridgehead atoms. The minimum atomic E-state index is 0.132. The van der Waals surface area contributed by atoms with Gasteiger partial charge in [-0.25, -0.2) is 4.98 Å². The fourth-order valence-electron chi connectivity index (χ4n) is 1.78. The maximum atomic E-state index is 12.2. The van der Waals surface area contributed by atoms with Crippen molar-refractivity contribution in [2.45, 2.75) is 32.2 Å². The molecule has 0 atom stereocenters. The third-order valence-corrected chi connectivity index (χ3v) is 3.12. The summed E-state index contributed by atoms with van der Waals surface area (Å²) in [6.45, 7) is 2.95. The summed E-state index contributed by atoms with van der Waals surface area (Å²) < 4.78 is 0.714. The number of halogens is 1. The van der Waals surface area contributed by atoms with Gasteiger partial charge in [0, 0.05) is 24.3 Å². The Hall–Kier alpha value is -0.900. The zero-order valence-corrected chi connectivity index (χ0v) is 10.9. The lowest BCUT2D eigenvalue weighted by Gasteiger charge is -2.21. The van der Waals surface area contributed by atoms with Crippen molar-refractivity contribution >= 4 is 21.8 Å². The molecule has 2 rings (SSSR count). The second-order valence-electron chi connectivity index (χ2n) is 4.10. The van der Waals surface area contributed by atoms with E-state index >= 15 is 0 Å². The number of pyridine rings is 1. The maximum Gasteiger partial charge on any atom is 0.254 e. The molecule has 3 nitrogen and oxygen atoms in total. The lowest BCUT2D eigenvalue weighted by Crippen LogP contribution is -2.33. The van der Waals surface area contributed by atoms with E-state index in [9.17, 15) is 4.79 Å². The molecule has 1 aliphatic carbocycles. The Balaban J connectivity index is 2.15. The SMILES string of the molecule is CCCN(C(=O)c1ccnc(Br)c1)C1CC1. The van der Waals surface area contributed by atoms with Crippen LogP contribution in [-0.2, 0) is 0 Å². The second-order valence-corrected chi connectivity index (χ2v) is 4.91. The standard InChI is InChI=1S/C12H15BrN2O/c1-2-7-15(10-3-4-10)12(16)9-5-6-14-11(13)8-9/h5-6,8,10H,2-4,7H2,1H3. The Morgan fingerprint density at radius 3 is 2.94 bits per heavy atom. The Morgan fingerprint density at radius 1 is 1.62 bits per heavy atom. The van der Waals surface area contributed by atoms with Crippen LogP contribution in [0.2, 0.25) is 0 Å². The molecule has 1 aliphatic rings. The molecule has 86 valence electrons. The van der Waals surface area contributed by atoms with Gasteiger partial charge in [0.1, 0.15) is 4.60 Å². The van der Waals surface area contributed by atoms with Crippen LogP contribution >= 0.6 is 15.9 Å². The number of nitrogens with zero attached hydrogens (tertiary/aromatic N) is 2. The van der Waals surface area contributed by atoms with E-state index in [1.165, 1.54) is 0 Å². The molecule has 16 heavy (non-hydrogen) atoms.